The minimum Gasteiger partial charge on any atom is -0.493 e. The number of benzene rings is 1. The second-order valence-electron chi connectivity index (χ2n) is 5.45. The van der Waals surface area contributed by atoms with Gasteiger partial charge in [-0.1, -0.05) is 12.1 Å². The highest BCUT2D eigenvalue weighted by atomic mass is 19.4. The van der Waals surface area contributed by atoms with Crippen molar-refractivity contribution >= 4 is 17.5 Å². The van der Waals surface area contributed by atoms with E-state index in [0.29, 0.717) is 17.9 Å². The van der Waals surface area contributed by atoms with Crippen molar-refractivity contribution in [2.24, 2.45) is 0 Å². The highest BCUT2D eigenvalue weighted by molar-refractivity contribution is 6.00. The number of hydrogen-bond acceptors (Lipinski definition) is 5. The molecule has 10 heteroatoms. The van der Waals surface area contributed by atoms with Crippen molar-refractivity contribution < 1.29 is 32.2 Å². The number of rotatable bonds is 8. The molecule has 0 unspecified atom stereocenters. The molecule has 0 spiro atoms. The van der Waals surface area contributed by atoms with E-state index in [1.807, 2.05) is 0 Å². The maximum Gasteiger partial charge on any atom is 0.422 e. The first kappa shape index (κ1) is 21.0. The average Bonchev–Trinajstić information content (AvgIpc) is 2.66. The third kappa shape index (κ3) is 6.78. The summed E-state index contributed by atoms with van der Waals surface area (Å²) in [6.07, 6.45) is -3.32. The number of para-hydroxylation sites is 1. The largest absolute Gasteiger partial charge is 0.493 e. The number of carbonyl (C=O) groups excluding carboxylic acids is 2. The van der Waals surface area contributed by atoms with Crippen LogP contribution >= 0.6 is 0 Å². The molecule has 2 N–H and O–H groups in total. The number of nitrogens with zero attached hydrogens (tertiary/aromatic N) is 1. The highest BCUT2D eigenvalue weighted by Gasteiger charge is 2.28. The van der Waals surface area contributed by atoms with Gasteiger partial charge in [0.15, 0.2) is 6.61 Å². The minimum atomic E-state index is -4.46. The molecule has 2 rings (SSSR count). The van der Waals surface area contributed by atoms with Crippen LogP contribution < -0.4 is 20.1 Å². The predicted molar refractivity (Wildman–Crippen MR) is 94.4 cm³/mol. The van der Waals surface area contributed by atoms with Gasteiger partial charge in [-0.05, 0) is 25.1 Å². The Morgan fingerprint density at radius 1 is 1.11 bits per heavy atom. The van der Waals surface area contributed by atoms with E-state index in [-0.39, 0.29) is 18.1 Å². The Kier molecular flexibility index (Phi) is 7.19. The molecule has 0 aliphatic carbocycles. The van der Waals surface area contributed by atoms with Gasteiger partial charge in [0, 0.05) is 6.07 Å². The molecule has 0 bridgehead atoms. The Hall–Kier alpha value is -3.30. The summed E-state index contributed by atoms with van der Waals surface area (Å²) in [4.78, 5) is 27.8. The van der Waals surface area contributed by atoms with Crippen LogP contribution in [-0.2, 0) is 4.79 Å². The number of aromatic nitrogens is 1. The van der Waals surface area contributed by atoms with E-state index in [1.54, 1.807) is 31.2 Å². The number of anilines is 1. The van der Waals surface area contributed by atoms with Crippen molar-refractivity contribution in [1.29, 1.82) is 0 Å². The van der Waals surface area contributed by atoms with Crippen LogP contribution in [0, 0.1) is 0 Å². The lowest BCUT2D eigenvalue weighted by Crippen LogP contribution is -2.33. The van der Waals surface area contributed by atoms with Crippen molar-refractivity contribution in [1.82, 2.24) is 10.3 Å². The van der Waals surface area contributed by atoms with Crippen molar-refractivity contribution in [3.8, 4) is 11.6 Å². The van der Waals surface area contributed by atoms with Crippen molar-refractivity contribution in [3.63, 3.8) is 0 Å². The van der Waals surface area contributed by atoms with Gasteiger partial charge >= 0.3 is 6.18 Å². The van der Waals surface area contributed by atoms with Crippen LogP contribution in [0.5, 0.6) is 11.6 Å². The van der Waals surface area contributed by atoms with E-state index in [2.05, 4.69) is 20.4 Å². The number of amides is 2. The lowest BCUT2D eigenvalue weighted by Gasteiger charge is -2.11. The zero-order valence-electron chi connectivity index (χ0n) is 14.9. The summed E-state index contributed by atoms with van der Waals surface area (Å²) >= 11 is 0. The van der Waals surface area contributed by atoms with Crippen LogP contribution in [0.2, 0.25) is 0 Å². The molecule has 1 aromatic carbocycles. The fraction of sp³-hybridized carbons (Fsp3) is 0.278. The summed E-state index contributed by atoms with van der Waals surface area (Å²) in [5, 5.41) is 4.93. The predicted octanol–water partition coefficient (Wildman–Crippen LogP) is 2.79. The van der Waals surface area contributed by atoms with Crippen LogP contribution in [-0.4, -0.2) is 42.7 Å². The normalized spacial score (nSPS) is 10.9. The number of alkyl halides is 3. The zero-order valence-corrected chi connectivity index (χ0v) is 14.9. The van der Waals surface area contributed by atoms with Crippen molar-refractivity contribution in [2.45, 2.75) is 13.1 Å². The third-order valence-electron chi connectivity index (χ3n) is 3.24. The second kappa shape index (κ2) is 9.58. The molecule has 150 valence electrons. The summed E-state index contributed by atoms with van der Waals surface area (Å²) in [6.45, 7) is 0.405. The summed E-state index contributed by atoms with van der Waals surface area (Å²) in [5.41, 5.74) is 0.540. The maximum absolute atomic E-state index is 12.2. The smallest absolute Gasteiger partial charge is 0.422 e. The number of pyridine rings is 1. The lowest BCUT2D eigenvalue weighted by atomic mass is 10.2. The Morgan fingerprint density at radius 3 is 2.50 bits per heavy atom. The van der Waals surface area contributed by atoms with E-state index in [9.17, 15) is 22.8 Å². The summed E-state index contributed by atoms with van der Waals surface area (Å²) in [6, 6.07) is 9.14. The minimum absolute atomic E-state index is 0.226. The van der Waals surface area contributed by atoms with Gasteiger partial charge < -0.3 is 20.1 Å². The molecule has 0 fully saturated rings. The summed E-state index contributed by atoms with van der Waals surface area (Å²) < 4.78 is 46.1. The van der Waals surface area contributed by atoms with E-state index in [4.69, 9.17) is 4.74 Å². The van der Waals surface area contributed by atoms with Crippen LogP contribution in [0.25, 0.3) is 0 Å². The van der Waals surface area contributed by atoms with Crippen LogP contribution in [0.15, 0.2) is 42.6 Å². The van der Waals surface area contributed by atoms with Gasteiger partial charge in [0.2, 0.25) is 11.8 Å². The molecule has 1 heterocycles. The average molecular weight is 397 g/mol. The molecular weight excluding hydrogens is 379 g/mol. The first-order valence-corrected chi connectivity index (χ1v) is 8.24. The fourth-order valence-corrected chi connectivity index (χ4v) is 2.09. The first-order chi connectivity index (χ1) is 13.3. The van der Waals surface area contributed by atoms with Crippen molar-refractivity contribution in [3.05, 3.63) is 48.2 Å². The monoisotopic (exact) mass is 397 g/mol. The second-order valence-corrected chi connectivity index (χ2v) is 5.45. The number of ether oxygens (including phenoxy) is 2. The van der Waals surface area contributed by atoms with Gasteiger partial charge in [-0.2, -0.15) is 13.2 Å². The van der Waals surface area contributed by atoms with Crippen LogP contribution in [0.3, 0.4) is 0 Å². The molecule has 7 nitrogen and oxygen atoms in total. The molecule has 0 saturated carbocycles. The van der Waals surface area contributed by atoms with Gasteiger partial charge in [-0.15, -0.1) is 0 Å². The molecule has 0 aliphatic heterocycles. The number of halogens is 3. The molecule has 28 heavy (non-hydrogen) atoms. The molecule has 0 radical (unpaired) electrons. The van der Waals surface area contributed by atoms with Crippen molar-refractivity contribution in [2.75, 3.05) is 25.1 Å². The lowest BCUT2D eigenvalue weighted by molar-refractivity contribution is -0.154. The van der Waals surface area contributed by atoms with Gasteiger partial charge in [0.05, 0.1) is 30.6 Å². The van der Waals surface area contributed by atoms with E-state index in [0.717, 1.165) is 6.20 Å². The van der Waals surface area contributed by atoms with E-state index >= 15 is 0 Å². The maximum atomic E-state index is 12.2. The topological polar surface area (TPSA) is 89.5 Å². The molecule has 2 aromatic rings. The molecule has 2 amide bonds. The zero-order chi connectivity index (χ0) is 20.6. The number of carbonyl (C=O) groups is 2. The Morgan fingerprint density at radius 2 is 1.86 bits per heavy atom. The van der Waals surface area contributed by atoms with E-state index < -0.39 is 24.6 Å². The Bertz CT molecular complexity index is 810. The quantitative estimate of drug-likeness (QED) is 0.715. The van der Waals surface area contributed by atoms with Gasteiger partial charge in [0.25, 0.3) is 5.91 Å². The van der Waals surface area contributed by atoms with E-state index in [1.165, 1.54) is 12.1 Å². The van der Waals surface area contributed by atoms with Gasteiger partial charge in [-0.3, -0.25) is 9.59 Å². The van der Waals surface area contributed by atoms with Crippen LogP contribution in [0.1, 0.15) is 17.3 Å². The third-order valence-corrected chi connectivity index (χ3v) is 3.24. The first-order valence-electron chi connectivity index (χ1n) is 8.24. The number of nitrogens with one attached hydrogen (secondary N) is 2. The van der Waals surface area contributed by atoms with Gasteiger partial charge in [0.1, 0.15) is 5.75 Å². The SMILES string of the molecule is CCOc1ccccc1C(=O)NCC(=O)Nc1ccc(OCC(F)(F)F)nc1. The highest BCUT2D eigenvalue weighted by Crippen LogP contribution is 2.19. The van der Waals surface area contributed by atoms with Gasteiger partial charge in [-0.25, -0.2) is 4.98 Å². The van der Waals surface area contributed by atoms with Crippen LogP contribution in [0.4, 0.5) is 18.9 Å². The molecule has 1 aromatic heterocycles. The summed E-state index contributed by atoms with van der Waals surface area (Å²) in [7, 11) is 0. The molecular formula is C18H18F3N3O4. The molecule has 0 aliphatic rings. The fourth-order valence-electron chi connectivity index (χ4n) is 2.09. The molecule has 0 atom stereocenters. The standard InChI is InChI=1S/C18H18F3N3O4/c1-2-27-14-6-4-3-5-13(14)17(26)23-10-15(25)24-12-7-8-16(22-9-12)28-11-18(19,20)21/h3-9H,2,10-11H2,1H3,(H,23,26)(H,24,25). The Balaban J connectivity index is 1.85. The summed E-state index contributed by atoms with van der Waals surface area (Å²) in [5.74, 6) is -0.834. The molecule has 0 saturated heterocycles. The Labute approximate surface area is 158 Å². The number of hydrogen-bond donors (Lipinski definition) is 2.